The van der Waals surface area contributed by atoms with Crippen LogP contribution in [0.2, 0.25) is 0 Å². The Morgan fingerprint density at radius 1 is 0.548 bits per heavy atom. The first kappa shape index (κ1) is 29.1. The Labute approximate surface area is 241 Å². The van der Waals surface area contributed by atoms with E-state index in [9.17, 15) is 19.2 Å². The van der Waals surface area contributed by atoms with Crippen LogP contribution in [0.15, 0.2) is 119 Å². The molecule has 0 aliphatic rings. The maximum atomic E-state index is 12.2. The summed E-state index contributed by atoms with van der Waals surface area (Å²) in [6.07, 6.45) is 2.57. The van der Waals surface area contributed by atoms with Crippen molar-refractivity contribution in [3.63, 3.8) is 0 Å². The first-order chi connectivity index (χ1) is 20.5. The minimum atomic E-state index is -0.488. The molecule has 4 aromatic rings. The monoisotopic (exact) mass is 562 g/mol. The Bertz CT molecular complexity index is 1480. The molecule has 210 valence electrons. The van der Waals surface area contributed by atoms with Crippen LogP contribution in [0.1, 0.15) is 44.7 Å². The van der Waals surface area contributed by atoms with E-state index in [-0.39, 0.29) is 12.8 Å². The molecule has 0 aliphatic heterocycles. The summed E-state index contributed by atoms with van der Waals surface area (Å²) in [6.45, 7) is 0. The summed E-state index contributed by atoms with van der Waals surface area (Å²) in [5.74, 6) is -1.25. The molecule has 0 heterocycles. The molecule has 10 nitrogen and oxygen atoms in total. The highest BCUT2D eigenvalue weighted by Gasteiger charge is 2.09. The highest BCUT2D eigenvalue weighted by molar-refractivity contribution is 5.92. The third-order valence-electron chi connectivity index (χ3n) is 5.54. The molecule has 4 rings (SSSR count). The van der Waals surface area contributed by atoms with Crippen LogP contribution in [0.25, 0.3) is 0 Å². The molecule has 0 saturated heterocycles. The molecule has 4 aromatic carbocycles. The van der Waals surface area contributed by atoms with Crippen LogP contribution in [-0.4, -0.2) is 36.2 Å². The van der Waals surface area contributed by atoms with E-state index in [1.165, 1.54) is 12.4 Å². The Morgan fingerprint density at radius 2 is 0.952 bits per heavy atom. The van der Waals surface area contributed by atoms with Gasteiger partial charge in [-0.15, -0.1) is 0 Å². The van der Waals surface area contributed by atoms with Gasteiger partial charge in [0, 0.05) is 12.8 Å². The molecule has 2 amide bonds. The standard InChI is InChI=1S/C32H26N4O6/c37-29(35-33-21-23-9-7-15-27(19-23)41-31(39)25-11-3-1-4-12-25)17-18-30(38)36-34-22-24-10-8-16-28(20-24)42-32(40)26-13-5-2-6-14-26/h1-16,19-22H,17-18H2,(H,35,37)(H,36,38). The molecule has 0 fully saturated rings. The number of benzene rings is 4. The van der Waals surface area contributed by atoms with E-state index >= 15 is 0 Å². The fourth-order valence-electron chi connectivity index (χ4n) is 3.49. The van der Waals surface area contributed by atoms with Crippen LogP contribution in [0.4, 0.5) is 0 Å². The van der Waals surface area contributed by atoms with Crippen molar-refractivity contribution < 1.29 is 28.7 Å². The summed E-state index contributed by atoms with van der Waals surface area (Å²) < 4.78 is 10.7. The Morgan fingerprint density at radius 3 is 1.36 bits per heavy atom. The van der Waals surface area contributed by atoms with Crippen molar-refractivity contribution in [2.24, 2.45) is 10.2 Å². The second-order valence-corrected chi connectivity index (χ2v) is 8.74. The van der Waals surface area contributed by atoms with Gasteiger partial charge in [-0.3, -0.25) is 9.59 Å². The third-order valence-corrected chi connectivity index (χ3v) is 5.54. The van der Waals surface area contributed by atoms with Gasteiger partial charge < -0.3 is 9.47 Å². The third kappa shape index (κ3) is 9.38. The lowest BCUT2D eigenvalue weighted by atomic mass is 10.2. The maximum Gasteiger partial charge on any atom is 0.343 e. The second kappa shape index (κ2) is 15.0. The number of hydrazone groups is 2. The van der Waals surface area contributed by atoms with Gasteiger partial charge in [0.25, 0.3) is 0 Å². The highest BCUT2D eigenvalue weighted by Crippen LogP contribution is 2.15. The topological polar surface area (TPSA) is 136 Å². The zero-order valence-corrected chi connectivity index (χ0v) is 22.3. The first-order valence-electron chi connectivity index (χ1n) is 12.8. The van der Waals surface area contributed by atoms with Crippen molar-refractivity contribution in [3.8, 4) is 11.5 Å². The summed E-state index contributed by atoms with van der Waals surface area (Å²) >= 11 is 0. The van der Waals surface area contributed by atoms with Crippen LogP contribution in [0.3, 0.4) is 0 Å². The predicted octanol–water partition coefficient (Wildman–Crippen LogP) is 4.51. The molecular weight excluding hydrogens is 536 g/mol. The summed E-state index contributed by atoms with van der Waals surface area (Å²) in [5, 5.41) is 7.77. The molecule has 10 heteroatoms. The van der Waals surface area contributed by atoms with E-state index in [1.54, 1.807) is 109 Å². The second-order valence-electron chi connectivity index (χ2n) is 8.74. The number of esters is 2. The van der Waals surface area contributed by atoms with Gasteiger partial charge in [-0.2, -0.15) is 10.2 Å². The predicted molar refractivity (Wildman–Crippen MR) is 156 cm³/mol. The average Bonchev–Trinajstić information content (AvgIpc) is 3.01. The SMILES string of the molecule is O=C(CCC(=O)NN=Cc1cccc(OC(=O)c2ccccc2)c1)NN=Cc1cccc(OC(=O)c2ccccc2)c1. The van der Waals surface area contributed by atoms with Crippen molar-refractivity contribution >= 4 is 36.2 Å². The Balaban J connectivity index is 1.18. The fraction of sp³-hybridized carbons (Fsp3) is 0.0625. The summed E-state index contributed by atoms with van der Waals surface area (Å²) in [6, 6.07) is 30.5. The normalized spacial score (nSPS) is 10.8. The maximum absolute atomic E-state index is 12.2. The van der Waals surface area contributed by atoms with E-state index in [0.717, 1.165) is 0 Å². The van der Waals surface area contributed by atoms with E-state index in [2.05, 4.69) is 21.1 Å². The highest BCUT2D eigenvalue weighted by atomic mass is 16.5. The lowest BCUT2D eigenvalue weighted by molar-refractivity contribution is -0.126. The number of nitrogens with zero attached hydrogens (tertiary/aromatic N) is 2. The molecule has 0 bridgehead atoms. The van der Waals surface area contributed by atoms with E-state index in [1.807, 2.05) is 0 Å². The Kier molecular flexibility index (Phi) is 10.4. The molecule has 2 N–H and O–H groups in total. The largest absolute Gasteiger partial charge is 0.423 e. The van der Waals surface area contributed by atoms with Gasteiger partial charge in [0.2, 0.25) is 11.8 Å². The van der Waals surface area contributed by atoms with E-state index < -0.39 is 23.8 Å². The molecule has 42 heavy (non-hydrogen) atoms. The van der Waals surface area contributed by atoms with Gasteiger partial charge >= 0.3 is 11.9 Å². The van der Waals surface area contributed by atoms with E-state index in [4.69, 9.17) is 9.47 Å². The van der Waals surface area contributed by atoms with Crippen LogP contribution >= 0.6 is 0 Å². The number of hydrogen-bond acceptors (Lipinski definition) is 8. The number of nitrogens with one attached hydrogen (secondary N) is 2. The zero-order chi connectivity index (χ0) is 29.6. The van der Waals surface area contributed by atoms with Crippen molar-refractivity contribution in [1.82, 2.24) is 10.9 Å². The number of carbonyl (C=O) groups excluding carboxylic acids is 4. The smallest absolute Gasteiger partial charge is 0.343 e. The quantitative estimate of drug-likeness (QED) is 0.120. The van der Waals surface area contributed by atoms with Crippen LogP contribution in [-0.2, 0) is 9.59 Å². The number of hydrogen-bond donors (Lipinski definition) is 2. The molecule has 0 saturated carbocycles. The van der Waals surface area contributed by atoms with Gasteiger partial charge in [-0.1, -0.05) is 60.7 Å². The van der Waals surface area contributed by atoms with Crippen molar-refractivity contribution in [3.05, 3.63) is 131 Å². The lowest BCUT2D eigenvalue weighted by Gasteiger charge is -2.05. The molecule has 0 spiro atoms. The molecule has 0 unspecified atom stereocenters. The first-order valence-corrected chi connectivity index (χ1v) is 12.8. The summed E-state index contributed by atoms with van der Waals surface area (Å²) in [5.41, 5.74) is 6.75. The molecule has 0 atom stereocenters. The zero-order valence-electron chi connectivity index (χ0n) is 22.3. The van der Waals surface area contributed by atoms with Crippen molar-refractivity contribution in [1.29, 1.82) is 0 Å². The Hall–Kier alpha value is -5.90. The lowest BCUT2D eigenvalue weighted by Crippen LogP contribution is -2.22. The summed E-state index contributed by atoms with van der Waals surface area (Å²) in [4.78, 5) is 48.6. The van der Waals surface area contributed by atoms with Gasteiger partial charge in [-0.25, -0.2) is 20.4 Å². The molecule has 0 aliphatic carbocycles. The fourth-order valence-corrected chi connectivity index (χ4v) is 3.49. The number of amides is 2. The van der Waals surface area contributed by atoms with Crippen LogP contribution in [0, 0.1) is 0 Å². The number of ether oxygens (including phenoxy) is 2. The molecule has 0 radical (unpaired) electrons. The van der Waals surface area contributed by atoms with Gasteiger partial charge in [-0.05, 0) is 59.7 Å². The van der Waals surface area contributed by atoms with Gasteiger partial charge in [0.05, 0.1) is 23.6 Å². The molecule has 0 aromatic heterocycles. The van der Waals surface area contributed by atoms with E-state index in [0.29, 0.717) is 33.8 Å². The van der Waals surface area contributed by atoms with Crippen molar-refractivity contribution in [2.75, 3.05) is 0 Å². The van der Waals surface area contributed by atoms with Crippen molar-refractivity contribution in [2.45, 2.75) is 12.8 Å². The average molecular weight is 563 g/mol. The molecular formula is C32H26N4O6. The van der Waals surface area contributed by atoms with Gasteiger partial charge in [0.15, 0.2) is 0 Å². The van der Waals surface area contributed by atoms with Gasteiger partial charge in [0.1, 0.15) is 11.5 Å². The van der Waals surface area contributed by atoms with Crippen LogP contribution < -0.4 is 20.3 Å². The summed E-state index contributed by atoms with van der Waals surface area (Å²) in [7, 11) is 0. The number of carbonyl (C=O) groups is 4. The van der Waals surface area contributed by atoms with Crippen LogP contribution in [0.5, 0.6) is 11.5 Å². The minimum Gasteiger partial charge on any atom is -0.423 e. The number of rotatable bonds is 11. The minimum absolute atomic E-state index is 0.113.